The molecule has 1 amide bonds. The molecular formula is C18H20N2O3. The lowest BCUT2D eigenvalue weighted by Gasteiger charge is -2.29. The number of anilines is 1. The summed E-state index contributed by atoms with van der Waals surface area (Å²) in [5, 5.41) is 9.30. The lowest BCUT2D eigenvalue weighted by atomic mass is 10.0. The number of amides is 1. The van der Waals surface area contributed by atoms with Crippen LogP contribution in [-0.2, 0) is 16.0 Å². The summed E-state index contributed by atoms with van der Waals surface area (Å²) < 4.78 is 0. The monoisotopic (exact) mass is 312 g/mol. The first kappa shape index (κ1) is 16.7. The molecule has 2 aromatic rings. The van der Waals surface area contributed by atoms with Gasteiger partial charge in [0.15, 0.2) is 0 Å². The third-order valence-electron chi connectivity index (χ3n) is 3.63. The van der Waals surface area contributed by atoms with Crippen molar-refractivity contribution >= 4 is 17.6 Å². The van der Waals surface area contributed by atoms with Crippen LogP contribution in [0.3, 0.4) is 0 Å². The van der Waals surface area contributed by atoms with Gasteiger partial charge in [-0.1, -0.05) is 48.5 Å². The fourth-order valence-corrected chi connectivity index (χ4v) is 2.37. The standard InChI is InChI=1S/C18H20N2O3/c1-13(18(22)23)20(15-10-6-3-7-11-15)17(21)16(19)12-14-8-4-2-5-9-14/h2-11,13,16H,12,19H2,1H3,(H,22,23). The van der Waals surface area contributed by atoms with Crippen LogP contribution >= 0.6 is 0 Å². The number of carbonyl (C=O) groups excluding carboxylic acids is 1. The summed E-state index contributed by atoms with van der Waals surface area (Å²) in [6.07, 6.45) is 0.356. The van der Waals surface area contributed by atoms with E-state index in [1.165, 1.54) is 11.8 Å². The van der Waals surface area contributed by atoms with Gasteiger partial charge in [-0.2, -0.15) is 0 Å². The molecule has 0 heterocycles. The van der Waals surface area contributed by atoms with E-state index in [-0.39, 0.29) is 0 Å². The minimum atomic E-state index is -1.07. The third kappa shape index (κ3) is 4.17. The molecule has 0 aliphatic heterocycles. The number of benzene rings is 2. The molecule has 2 unspecified atom stereocenters. The zero-order chi connectivity index (χ0) is 16.8. The van der Waals surface area contributed by atoms with Crippen molar-refractivity contribution in [1.29, 1.82) is 0 Å². The van der Waals surface area contributed by atoms with E-state index in [9.17, 15) is 14.7 Å². The molecule has 0 saturated heterocycles. The maximum atomic E-state index is 12.7. The van der Waals surface area contributed by atoms with Crippen LogP contribution in [0.15, 0.2) is 60.7 Å². The van der Waals surface area contributed by atoms with Crippen LogP contribution in [0.2, 0.25) is 0 Å². The minimum absolute atomic E-state index is 0.356. The summed E-state index contributed by atoms with van der Waals surface area (Å²) in [6.45, 7) is 1.47. The Balaban J connectivity index is 2.24. The summed E-state index contributed by atoms with van der Waals surface area (Å²) in [4.78, 5) is 25.3. The van der Waals surface area contributed by atoms with Crippen LogP contribution in [-0.4, -0.2) is 29.1 Å². The SMILES string of the molecule is CC(C(=O)O)N(C(=O)C(N)Cc1ccccc1)c1ccccc1. The maximum absolute atomic E-state index is 12.7. The maximum Gasteiger partial charge on any atom is 0.326 e. The Hall–Kier alpha value is -2.66. The molecule has 0 aromatic heterocycles. The van der Waals surface area contributed by atoms with E-state index in [1.807, 2.05) is 36.4 Å². The fourth-order valence-electron chi connectivity index (χ4n) is 2.37. The number of carboxylic acids is 1. The Labute approximate surface area is 135 Å². The van der Waals surface area contributed by atoms with Gasteiger partial charge in [-0.3, -0.25) is 9.69 Å². The first-order chi connectivity index (χ1) is 11.0. The van der Waals surface area contributed by atoms with Crippen molar-refractivity contribution in [2.45, 2.75) is 25.4 Å². The summed E-state index contributed by atoms with van der Waals surface area (Å²) in [7, 11) is 0. The highest BCUT2D eigenvalue weighted by Gasteiger charge is 2.30. The van der Waals surface area contributed by atoms with Gasteiger partial charge in [0.1, 0.15) is 6.04 Å². The normalized spacial score (nSPS) is 13.1. The number of nitrogens with two attached hydrogens (primary N) is 1. The van der Waals surface area contributed by atoms with E-state index in [0.29, 0.717) is 12.1 Å². The topological polar surface area (TPSA) is 83.6 Å². The van der Waals surface area contributed by atoms with Gasteiger partial charge in [0.05, 0.1) is 6.04 Å². The Kier molecular flexibility index (Phi) is 5.49. The lowest BCUT2D eigenvalue weighted by molar-refractivity contribution is -0.139. The Morgan fingerprint density at radius 3 is 2.09 bits per heavy atom. The molecule has 2 rings (SSSR count). The van der Waals surface area contributed by atoms with Gasteiger partial charge in [-0.15, -0.1) is 0 Å². The zero-order valence-electron chi connectivity index (χ0n) is 12.9. The number of carbonyl (C=O) groups is 2. The van der Waals surface area contributed by atoms with Crippen molar-refractivity contribution in [3.8, 4) is 0 Å². The molecule has 0 aliphatic rings. The second kappa shape index (κ2) is 7.56. The van der Waals surface area contributed by atoms with E-state index < -0.39 is 24.0 Å². The van der Waals surface area contributed by atoms with Crippen molar-refractivity contribution in [3.63, 3.8) is 0 Å². The van der Waals surface area contributed by atoms with E-state index in [2.05, 4.69) is 0 Å². The molecule has 0 radical (unpaired) electrons. The smallest absolute Gasteiger partial charge is 0.326 e. The molecule has 0 aliphatic carbocycles. The molecule has 120 valence electrons. The van der Waals surface area contributed by atoms with Crippen LogP contribution < -0.4 is 10.6 Å². The molecule has 2 aromatic carbocycles. The quantitative estimate of drug-likeness (QED) is 0.855. The molecular weight excluding hydrogens is 292 g/mol. The molecule has 0 spiro atoms. The highest BCUT2D eigenvalue weighted by Crippen LogP contribution is 2.18. The predicted molar refractivity (Wildman–Crippen MR) is 89.1 cm³/mol. The summed E-state index contributed by atoms with van der Waals surface area (Å²) in [6, 6.07) is 16.3. The van der Waals surface area contributed by atoms with Crippen molar-refractivity contribution in [2.24, 2.45) is 5.73 Å². The molecule has 0 saturated carbocycles. The van der Waals surface area contributed by atoms with E-state index in [0.717, 1.165) is 5.56 Å². The van der Waals surface area contributed by atoms with Crippen molar-refractivity contribution in [2.75, 3.05) is 4.90 Å². The van der Waals surface area contributed by atoms with Crippen LogP contribution in [0.1, 0.15) is 12.5 Å². The van der Waals surface area contributed by atoms with Crippen molar-refractivity contribution in [1.82, 2.24) is 0 Å². The number of carboxylic acid groups (broad SMARTS) is 1. The lowest BCUT2D eigenvalue weighted by Crippen LogP contribution is -2.51. The second-order valence-electron chi connectivity index (χ2n) is 5.35. The fraction of sp³-hybridized carbons (Fsp3) is 0.222. The number of hydrogen-bond donors (Lipinski definition) is 2. The molecule has 0 bridgehead atoms. The van der Waals surface area contributed by atoms with Crippen molar-refractivity contribution in [3.05, 3.63) is 66.2 Å². The predicted octanol–water partition coefficient (Wildman–Crippen LogP) is 2.06. The second-order valence-corrected chi connectivity index (χ2v) is 5.35. The summed E-state index contributed by atoms with van der Waals surface area (Å²) in [5.74, 6) is -1.48. The minimum Gasteiger partial charge on any atom is -0.480 e. The van der Waals surface area contributed by atoms with Gasteiger partial charge in [0, 0.05) is 5.69 Å². The van der Waals surface area contributed by atoms with Crippen molar-refractivity contribution < 1.29 is 14.7 Å². The molecule has 5 heteroatoms. The molecule has 5 nitrogen and oxygen atoms in total. The van der Waals surface area contributed by atoms with Crippen LogP contribution in [0.25, 0.3) is 0 Å². The van der Waals surface area contributed by atoms with Gasteiger partial charge in [-0.05, 0) is 31.0 Å². The van der Waals surface area contributed by atoms with Gasteiger partial charge in [0.2, 0.25) is 5.91 Å². The number of hydrogen-bond acceptors (Lipinski definition) is 3. The Bertz CT molecular complexity index is 658. The van der Waals surface area contributed by atoms with Gasteiger partial charge in [-0.25, -0.2) is 4.79 Å². The highest BCUT2D eigenvalue weighted by atomic mass is 16.4. The van der Waals surface area contributed by atoms with Crippen LogP contribution in [0, 0.1) is 0 Å². The number of aliphatic carboxylic acids is 1. The average molecular weight is 312 g/mol. The van der Waals surface area contributed by atoms with Gasteiger partial charge >= 0.3 is 5.97 Å². The number of para-hydroxylation sites is 1. The molecule has 0 fully saturated rings. The largest absolute Gasteiger partial charge is 0.480 e. The van der Waals surface area contributed by atoms with E-state index in [1.54, 1.807) is 24.3 Å². The third-order valence-corrected chi connectivity index (χ3v) is 3.63. The van der Waals surface area contributed by atoms with Crippen LogP contribution in [0.5, 0.6) is 0 Å². The zero-order valence-corrected chi connectivity index (χ0v) is 12.9. The first-order valence-electron chi connectivity index (χ1n) is 7.41. The molecule has 2 atom stereocenters. The highest BCUT2D eigenvalue weighted by molar-refractivity contribution is 6.01. The van der Waals surface area contributed by atoms with Gasteiger partial charge in [0.25, 0.3) is 0 Å². The summed E-state index contributed by atoms with van der Waals surface area (Å²) >= 11 is 0. The Morgan fingerprint density at radius 2 is 1.57 bits per heavy atom. The van der Waals surface area contributed by atoms with Gasteiger partial charge < -0.3 is 10.8 Å². The van der Waals surface area contributed by atoms with E-state index in [4.69, 9.17) is 5.73 Å². The molecule has 3 N–H and O–H groups in total. The average Bonchev–Trinajstić information content (AvgIpc) is 2.56. The number of rotatable bonds is 6. The van der Waals surface area contributed by atoms with E-state index >= 15 is 0 Å². The first-order valence-corrected chi connectivity index (χ1v) is 7.41. The summed E-state index contributed by atoms with van der Waals surface area (Å²) in [5.41, 5.74) is 7.50. The molecule has 23 heavy (non-hydrogen) atoms. The Morgan fingerprint density at radius 1 is 1.04 bits per heavy atom. The number of nitrogens with zero attached hydrogens (tertiary/aromatic N) is 1. The van der Waals surface area contributed by atoms with Crippen LogP contribution in [0.4, 0.5) is 5.69 Å².